The van der Waals surface area contributed by atoms with Crippen LogP contribution in [0.3, 0.4) is 0 Å². The lowest BCUT2D eigenvalue weighted by Gasteiger charge is -2.07. The van der Waals surface area contributed by atoms with E-state index in [1.54, 1.807) is 11.3 Å². The first-order valence-electron chi connectivity index (χ1n) is 6.55. The zero-order valence-electron chi connectivity index (χ0n) is 11.2. The van der Waals surface area contributed by atoms with Gasteiger partial charge in [0.2, 0.25) is 0 Å². The topological polar surface area (TPSA) is 51.3 Å². The number of aromatic nitrogens is 1. The van der Waals surface area contributed by atoms with Crippen molar-refractivity contribution in [2.75, 3.05) is 6.67 Å². The Morgan fingerprint density at radius 1 is 1.56 bits per heavy atom. The number of nitrogens with zero attached hydrogens (tertiary/aromatic N) is 2. The van der Waals surface area contributed by atoms with Crippen LogP contribution >= 0.6 is 11.3 Å². The van der Waals surface area contributed by atoms with Crippen LogP contribution in [0, 0.1) is 0 Å². The SMILES string of the molecule is CCCCc1nc(C(N)=NC(CC)CCF)cs1. The number of amidine groups is 1. The van der Waals surface area contributed by atoms with Crippen LogP contribution in [-0.4, -0.2) is 23.5 Å². The fraction of sp³-hybridized carbons (Fsp3) is 0.692. The van der Waals surface area contributed by atoms with E-state index in [4.69, 9.17) is 5.73 Å². The van der Waals surface area contributed by atoms with Crippen LogP contribution in [0.15, 0.2) is 10.4 Å². The monoisotopic (exact) mass is 271 g/mol. The largest absolute Gasteiger partial charge is 0.382 e. The Balaban J connectivity index is 2.67. The fourth-order valence-corrected chi connectivity index (χ4v) is 2.45. The number of alkyl halides is 1. The molecule has 102 valence electrons. The third-order valence-electron chi connectivity index (χ3n) is 2.79. The van der Waals surface area contributed by atoms with Crippen molar-refractivity contribution in [3.63, 3.8) is 0 Å². The standard InChI is InChI=1S/C13H22FN3S/c1-3-5-6-12-17-11(9-18-12)13(15)16-10(4-2)7-8-14/h9-10H,3-8H2,1-2H3,(H2,15,16). The number of hydrogen-bond donors (Lipinski definition) is 1. The fourth-order valence-electron chi connectivity index (χ4n) is 1.62. The average Bonchev–Trinajstić information content (AvgIpc) is 2.84. The first-order chi connectivity index (χ1) is 8.71. The van der Waals surface area contributed by atoms with Crippen molar-refractivity contribution in [1.29, 1.82) is 0 Å². The van der Waals surface area contributed by atoms with Crippen LogP contribution in [0.25, 0.3) is 0 Å². The van der Waals surface area contributed by atoms with E-state index in [0.29, 0.717) is 12.3 Å². The maximum Gasteiger partial charge on any atom is 0.145 e. The van der Waals surface area contributed by atoms with Crippen LogP contribution in [-0.2, 0) is 6.42 Å². The quantitative estimate of drug-likeness (QED) is 0.582. The molecule has 1 aromatic rings. The van der Waals surface area contributed by atoms with Gasteiger partial charge in [-0.05, 0) is 25.7 Å². The molecular weight excluding hydrogens is 249 g/mol. The predicted molar refractivity (Wildman–Crippen MR) is 76.1 cm³/mol. The van der Waals surface area contributed by atoms with E-state index in [-0.39, 0.29) is 12.7 Å². The highest BCUT2D eigenvalue weighted by Gasteiger charge is 2.09. The Labute approximate surface area is 112 Å². The van der Waals surface area contributed by atoms with Crippen molar-refractivity contribution in [3.8, 4) is 0 Å². The normalized spacial score (nSPS) is 13.8. The molecule has 0 fully saturated rings. The highest BCUT2D eigenvalue weighted by molar-refractivity contribution is 7.09. The van der Waals surface area contributed by atoms with E-state index >= 15 is 0 Å². The summed E-state index contributed by atoms with van der Waals surface area (Å²) in [5.74, 6) is 0.439. The molecule has 0 aromatic carbocycles. The highest BCUT2D eigenvalue weighted by Crippen LogP contribution is 2.13. The minimum absolute atomic E-state index is 0.0317. The lowest BCUT2D eigenvalue weighted by atomic mass is 10.2. The summed E-state index contributed by atoms with van der Waals surface area (Å²) < 4.78 is 12.3. The summed E-state index contributed by atoms with van der Waals surface area (Å²) in [6.07, 6.45) is 4.54. The molecule has 0 bridgehead atoms. The number of hydrogen-bond acceptors (Lipinski definition) is 3. The van der Waals surface area contributed by atoms with Crippen LogP contribution in [0.4, 0.5) is 4.39 Å². The number of rotatable bonds is 8. The van der Waals surface area contributed by atoms with Gasteiger partial charge < -0.3 is 5.73 Å². The van der Waals surface area contributed by atoms with Crippen LogP contribution in [0.5, 0.6) is 0 Å². The molecule has 1 heterocycles. The zero-order valence-corrected chi connectivity index (χ0v) is 12.0. The van der Waals surface area contributed by atoms with E-state index in [9.17, 15) is 4.39 Å². The molecule has 2 N–H and O–H groups in total. The summed E-state index contributed by atoms with van der Waals surface area (Å²) in [7, 11) is 0. The van der Waals surface area contributed by atoms with Gasteiger partial charge in [-0.3, -0.25) is 9.38 Å². The van der Waals surface area contributed by atoms with Gasteiger partial charge in [0.25, 0.3) is 0 Å². The van der Waals surface area contributed by atoms with Crippen molar-refractivity contribution in [2.45, 2.75) is 52.0 Å². The first-order valence-corrected chi connectivity index (χ1v) is 7.43. The molecule has 1 atom stereocenters. The van der Waals surface area contributed by atoms with Crippen LogP contribution in [0.1, 0.15) is 50.2 Å². The summed E-state index contributed by atoms with van der Waals surface area (Å²) in [6.45, 7) is 3.80. The Morgan fingerprint density at radius 3 is 2.94 bits per heavy atom. The predicted octanol–water partition coefficient (Wildman–Crippen LogP) is 3.33. The molecule has 3 nitrogen and oxygen atoms in total. The van der Waals surface area contributed by atoms with Crippen molar-refractivity contribution >= 4 is 17.2 Å². The van der Waals surface area contributed by atoms with E-state index in [1.165, 1.54) is 0 Å². The third kappa shape index (κ3) is 4.72. The van der Waals surface area contributed by atoms with Crippen LogP contribution < -0.4 is 5.73 Å². The van der Waals surface area contributed by atoms with Gasteiger partial charge in [-0.1, -0.05) is 20.3 Å². The summed E-state index contributed by atoms with van der Waals surface area (Å²) in [4.78, 5) is 8.81. The summed E-state index contributed by atoms with van der Waals surface area (Å²) in [5, 5.41) is 3.04. The third-order valence-corrected chi connectivity index (χ3v) is 3.70. The maximum atomic E-state index is 12.3. The minimum atomic E-state index is -0.353. The number of aryl methyl sites for hydroxylation is 1. The van der Waals surface area contributed by atoms with Crippen molar-refractivity contribution in [3.05, 3.63) is 16.1 Å². The first kappa shape index (κ1) is 15.1. The molecule has 1 rings (SSSR count). The van der Waals surface area contributed by atoms with E-state index in [0.717, 1.165) is 36.4 Å². The van der Waals surface area contributed by atoms with Gasteiger partial charge in [-0.15, -0.1) is 11.3 Å². The van der Waals surface area contributed by atoms with Gasteiger partial charge >= 0.3 is 0 Å². The number of unbranched alkanes of at least 4 members (excludes halogenated alkanes) is 1. The minimum Gasteiger partial charge on any atom is -0.382 e. The molecule has 1 aromatic heterocycles. The highest BCUT2D eigenvalue weighted by atomic mass is 32.1. The van der Waals surface area contributed by atoms with Crippen molar-refractivity contribution in [1.82, 2.24) is 4.98 Å². The lowest BCUT2D eigenvalue weighted by Crippen LogP contribution is -2.18. The molecule has 0 aliphatic rings. The van der Waals surface area contributed by atoms with Crippen molar-refractivity contribution in [2.24, 2.45) is 10.7 Å². The van der Waals surface area contributed by atoms with E-state index in [2.05, 4.69) is 16.9 Å². The number of halogens is 1. The Bertz CT molecular complexity index is 376. The summed E-state index contributed by atoms with van der Waals surface area (Å²) >= 11 is 1.62. The molecule has 1 unspecified atom stereocenters. The molecule has 0 aliphatic heterocycles. The van der Waals surface area contributed by atoms with Gasteiger partial charge in [0.05, 0.1) is 17.7 Å². The second-order valence-electron chi connectivity index (χ2n) is 4.28. The number of thiazole rings is 1. The molecule has 0 radical (unpaired) electrons. The molecule has 0 aliphatic carbocycles. The van der Waals surface area contributed by atoms with Gasteiger partial charge in [-0.2, -0.15) is 0 Å². The molecule has 5 heteroatoms. The van der Waals surface area contributed by atoms with E-state index in [1.807, 2.05) is 12.3 Å². The summed E-state index contributed by atoms with van der Waals surface area (Å²) in [5.41, 5.74) is 6.65. The zero-order chi connectivity index (χ0) is 13.4. The maximum absolute atomic E-state index is 12.3. The molecule has 18 heavy (non-hydrogen) atoms. The van der Waals surface area contributed by atoms with E-state index < -0.39 is 0 Å². The van der Waals surface area contributed by atoms with Gasteiger partial charge in [0, 0.05) is 5.38 Å². The van der Waals surface area contributed by atoms with Crippen LogP contribution in [0.2, 0.25) is 0 Å². The molecule has 0 amide bonds. The Morgan fingerprint density at radius 2 is 2.33 bits per heavy atom. The Hall–Kier alpha value is -0.970. The molecule has 0 saturated heterocycles. The van der Waals surface area contributed by atoms with Gasteiger partial charge in [0.15, 0.2) is 0 Å². The van der Waals surface area contributed by atoms with Gasteiger partial charge in [0.1, 0.15) is 11.5 Å². The second-order valence-corrected chi connectivity index (χ2v) is 5.23. The molecular formula is C13H22FN3S. The lowest BCUT2D eigenvalue weighted by molar-refractivity contribution is 0.433. The number of aliphatic imine (C=N–C) groups is 1. The Kier molecular flexibility index (Phi) is 6.86. The number of nitrogens with two attached hydrogens (primary N) is 1. The summed E-state index contributed by atoms with van der Waals surface area (Å²) in [6, 6.07) is -0.0317. The smallest absolute Gasteiger partial charge is 0.145 e. The second kappa shape index (κ2) is 8.19. The molecule has 0 spiro atoms. The van der Waals surface area contributed by atoms with Gasteiger partial charge in [-0.25, -0.2) is 4.98 Å². The van der Waals surface area contributed by atoms with Crippen molar-refractivity contribution < 1.29 is 4.39 Å². The molecule has 0 saturated carbocycles. The average molecular weight is 271 g/mol.